The van der Waals surface area contributed by atoms with Gasteiger partial charge in [0.2, 0.25) is 0 Å². The van der Waals surface area contributed by atoms with Crippen molar-refractivity contribution in [3.8, 4) is 0 Å². The number of rotatable bonds is 3. The first kappa shape index (κ1) is 14.9. The SMILES string of the molecule is CN1CCN([C@H]2COC[C@@H]2Nc2ccnc3ccccc23)CC1. The molecule has 2 fully saturated rings. The van der Waals surface area contributed by atoms with Gasteiger partial charge in [0, 0.05) is 43.4 Å². The Morgan fingerprint density at radius 3 is 2.78 bits per heavy atom. The summed E-state index contributed by atoms with van der Waals surface area (Å²) in [7, 11) is 2.20. The van der Waals surface area contributed by atoms with Crippen LogP contribution in [0.5, 0.6) is 0 Å². The number of para-hydroxylation sites is 1. The number of nitrogens with one attached hydrogen (secondary N) is 1. The predicted molar refractivity (Wildman–Crippen MR) is 92.8 cm³/mol. The van der Waals surface area contributed by atoms with E-state index in [1.54, 1.807) is 0 Å². The van der Waals surface area contributed by atoms with Crippen molar-refractivity contribution in [2.75, 3.05) is 51.8 Å². The molecule has 5 heteroatoms. The second-order valence-corrected chi connectivity index (χ2v) is 6.57. The molecule has 122 valence electrons. The van der Waals surface area contributed by atoms with Crippen LogP contribution in [0.15, 0.2) is 36.5 Å². The van der Waals surface area contributed by atoms with Gasteiger partial charge in [0.1, 0.15) is 0 Å². The molecule has 0 unspecified atom stereocenters. The third-order valence-corrected chi connectivity index (χ3v) is 5.05. The van der Waals surface area contributed by atoms with Gasteiger partial charge in [-0.3, -0.25) is 9.88 Å². The maximum absolute atomic E-state index is 5.80. The topological polar surface area (TPSA) is 40.6 Å². The predicted octanol–water partition coefficient (Wildman–Crippen LogP) is 1.66. The standard InChI is InChI=1S/C18H24N4O/c1-21-8-10-22(11-9-21)18-13-23-12-17(18)20-16-6-7-19-15-5-3-2-4-14(15)16/h2-7,17-18H,8-13H2,1H3,(H,19,20)/t17-,18-/m0/s1. The van der Waals surface area contributed by atoms with Crippen molar-refractivity contribution in [2.45, 2.75) is 12.1 Å². The first-order chi connectivity index (χ1) is 11.3. The van der Waals surface area contributed by atoms with E-state index in [9.17, 15) is 0 Å². The molecule has 4 rings (SSSR count). The van der Waals surface area contributed by atoms with Crippen molar-refractivity contribution in [3.05, 3.63) is 36.5 Å². The largest absolute Gasteiger partial charge is 0.378 e. The zero-order chi connectivity index (χ0) is 15.6. The van der Waals surface area contributed by atoms with E-state index in [1.165, 1.54) is 5.39 Å². The quantitative estimate of drug-likeness (QED) is 0.933. The van der Waals surface area contributed by atoms with Gasteiger partial charge in [-0.25, -0.2) is 0 Å². The van der Waals surface area contributed by atoms with Crippen LogP contribution in [0.3, 0.4) is 0 Å². The molecule has 0 amide bonds. The molecule has 2 aromatic rings. The summed E-state index contributed by atoms with van der Waals surface area (Å²) < 4.78 is 5.80. The Labute approximate surface area is 137 Å². The molecule has 1 aromatic heterocycles. The lowest BCUT2D eigenvalue weighted by Crippen LogP contribution is -2.54. The van der Waals surface area contributed by atoms with Crippen LogP contribution >= 0.6 is 0 Å². The Morgan fingerprint density at radius 1 is 1.09 bits per heavy atom. The third kappa shape index (κ3) is 3.04. The molecule has 0 aliphatic carbocycles. The fourth-order valence-corrected chi connectivity index (χ4v) is 3.62. The molecule has 2 aliphatic heterocycles. The average Bonchev–Trinajstić information content (AvgIpc) is 3.04. The van der Waals surface area contributed by atoms with E-state index < -0.39 is 0 Å². The molecule has 1 N–H and O–H groups in total. The third-order valence-electron chi connectivity index (χ3n) is 5.05. The molecular weight excluding hydrogens is 288 g/mol. The van der Waals surface area contributed by atoms with Crippen molar-refractivity contribution in [1.82, 2.24) is 14.8 Å². The smallest absolute Gasteiger partial charge is 0.0722 e. The van der Waals surface area contributed by atoms with Crippen LogP contribution in [-0.4, -0.2) is 73.3 Å². The van der Waals surface area contributed by atoms with Crippen LogP contribution in [0, 0.1) is 0 Å². The van der Waals surface area contributed by atoms with E-state index in [0.29, 0.717) is 12.1 Å². The van der Waals surface area contributed by atoms with Crippen molar-refractivity contribution >= 4 is 16.6 Å². The number of hydrogen-bond acceptors (Lipinski definition) is 5. The van der Waals surface area contributed by atoms with Crippen molar-refractivity contribution in [2.24, 2.45) is 0 Å². The molecule has 2 aliphatic rings. The Kier molecular flexibility index (Phi) is 4.16. The maximum Gasteiger partial charge on any atom is 0.0722 e. The molecule has 23 heavy (non-hydrogen) atoms. The number of aromatic nitrogens is 1. The van der Waals surface area contributed by atoms with Crippen LogP contribution in [0.4, 0.5) is 5.69 Å². The zero-order valence-corrected chi connectivity index (χ0v) is 13.6. The van der Waals surface area contributed by atoms with Gasteiger partial charge in [-0.1, -0.05) is 18.2 Å². The number of ether oxygens (including phenoxy) is 1. The van der Waals surface area contributed by atoms with Crippen LogP contribution in [0.1, 0.15) is 0 Å². The van der Waals surface area contributed by atoms with Gasteiger partial charge in [0.15, 0.2) is 0 Å². The van der Waals surface area contributed by atoms with E-state index in [-0.39, 0.29) is 0 Å². The Hall–Kier alpha value is -1.69. The van der Waals surface area contributed by atoms with Crippen LogP contribution in [0.25, 0.3) is 10.9 Å². The van der Waals surface area contributed by atoms with Crippen molar-refractivity contribution in [3.63, 3.8) is 0 Å². The van der Waals surface area contributed by atoms with E-state index in [0.717, 1.165) is 50.6 Å². The Balaban J connectivity index is 1.53. The molecule has 0 bridgehead atoms. The van der Waals surface area contributed by atoms with Gasteiger partial charge in [0.25, 0.3) is 0 Å². The lowest BCUT2D eigenvalue weighted by atomic mass is 10.1. The van der Waals surface area contributed by atoms with Gasteiger partial charge < -0.3 is 15.0 Å². The van der Waals surface area contributed by atoms with Gasteiger partial charge in [0.05, 0.1) is 30.8 Å². The van der Waals surface area contributed by atoms with E-state index in [4.69, 9.17) is 4.74 Å². The van der Waals surface area contributed by atoms with Gasteiger partial charge in [-0.05, 0) is 19.2 Å². The highest BCUT2D eigenvalue weighted by atomic mass is 16.5. The van der Waals surface area contributed by atoms with Crippen LogP contribution < -0.4 is 5.32 Å². The summed E-state index contributed by atoms with van der Waals surface area (Å²) in [6.07, 6.45) is 1.88. The number of pyridine rings is 1. The fourth-order valence-electron chi connectivity index (χ4n) is 3.62. The Morgan fingerprint density at radius 2 is 1.91 bits per heavy atom. The number of nitrogens with zero attached hydrogens (tertiary/aromatic N) is 3. The lowest BCUT2D eigenvalue weighted by molar-refractivity contribution is 0.0949. The number of fused-ring (bicyclic) bond motifs is 1. The normalized spacial score (nSPS) is 26.7. The van der Waals surface area contributed by atoms with Crippen LogP contribution in [0.2, 0.25) is 0 Å². The summed E-state index contributed by atoms with van der Waals surface area (Å²) in [5.41, 5.74) is 2.19. The Bertz CT molecular complexity index is 664. The van der Waals surface area contributed by atoms with Crippen molar-refractivity contribution < 1.29 is 4.74 Å². The maximum atomic E-state index is 5.80. The van der Waals surface area contributed by atoms with Gasteiger partial charge >= 0.3 is 0 Å². The summed E-state index contributed by atoms with van der Waals surface area (Å²) in [6, 6.07) is 11.2. The fraction of sp³-hybridized carbons (Fsp3) is 0.500. The highest BCUT2D eigenvalue weighted by Crippen LogP contribution is 2.25. The molecule has 3 heterocycles. The molecule has 2 atom stereocenters. The highest BCUT2D eigenvalue weighted by molar-refractivity contribution is 5.91. The molecule has 0 saturated carbocycles. The average molecular weight is 312 g/mol. The molecule has 2 saturated heterocycles. The number of anilines is 1. The summed E-state index contributed by atoms with van der Waals surface area (Å²) >= 11 is 0. The summed E-state index contributed by atoms with van der Waals surface area (Å²) in [4.78, 5) is 9.42. The van der Waals surface area contributed by atoms with E-state index in [1.807, 2.05) is 12.3 Å². The molecule has 1 aromatic carbocycles. The monoisotopic (exact) mass is 312 g/mol. The number of hydrogen-bond donors (Lipinski definition) is 1. The molecule has 5 nitrogen and oxygen atoms in total. The van der Waals surface area contributed by atoms with E-state index >= 15 is 0 Å². The highest BCUT2D eigenvalue weighted by Gasteiger charge is 2.34. The number of piperazine rings is 1. The lowest BCUT2D eigenvalue weighted by Gasteiger charge is -2.38. The molecular formula is C18H24N4O. The number of likely N-dealkylation sites (N-methyl/N-ethyl adjacent to an activating group) is 1. The summed E-state index contributed by atoms with van der Waals surface area (Å²) in [5.74, 6) is 0. The van der Waals surface area contributed by atoms with Gasteiger partial charge in [-0.2, -0.15) is 0 Å². The van der Waals surface area contributed by atoms with Crippen LogP contribution in [-0.2, 0) is 4.74 Å². The second kappa shape index (κ2) is 6.43. The van der Waals surface area contributed by atoms with Crippen molar-refractivity contribution in [1.29, 1.82) is 0 Å². The summed E-state index contributed by atoms with van der Waals surface area (Å²) in [5, 5.41) is 4.90. The molecule has 0 radical (unpaired) electrons. The zero-order valence-electron chi connectivity index (χ0n) is 13.6. The molecule has 0 spiro atoms. The first-order valence-electron chi connectivity index (χ1n) is 8.42. The minimum Gasteiger partial charge on any atom is -0.378 e. The minimum absolute atomic E-state index is 0.337. The van der Waals surface area contributed by atoms with Gasteiger partial charge in [-0.15, -0.1) is 0 Å². The number of benzene rings is 1. The summed E-state index contributed by atoms with van der Waals surface area (Å²) in [6.45, 7) is 6.13. The van der Waals surface area contributed by atoms with E-state index in [2.05, 4.69) is 51.4 Å². The first-order valence-corrected chi connectivity index (χ1v) is 8.42. The second-order valence-electron chi connectivity index (χ2n) is 6.57. The minimum atomic E-state index is 0.337.